The number of carboxylic acid groups (broad SMARTS) is 1. The van der Waals surface area contributed by atoms with Crippen molar-refractivity contribution in [1.29, 1.82) is 0 Å². The van der Waals surface area contributed by atoms with E-state index in [1.807, 2.05) is 25.1 Å². The van der Waals surface area contributed by atoms with Gasteiger partial charge >= 0.3 is 6.09 Å². The number of thiol groups is 1. The lowest BCUT2D eigenvalue weighted by Gasteiger charge is -2.52. The molecular formula is C20H27N5O2S. The number of rotatable bonds is 3. The highest BCUT2D eigenvalue weighted by Crippen LogP contribution is 2.36. The van der Waals surface area contributed by atoms with Gasteiger partial charge in [-0.15, -0.1) is 12.6 Å². The molecule has 1 amide bonds. The van der Waals surface area contributed by atoms with Crippen molar-refractivity contribution in [3.05, 3.63) is 30.6 Å². The van der Waals surface area contributed by atoms with Crippen molar-refractivity contribution in [2.75, 3.05) is 18.0 Å². The van der Waals surface area contributed by atoms with Gasteiger partial charge in [0.15, 0.2) is 5.16 Å². The van der Waals surface area contributed by atoms with E-state index >= 15 is 0 Å². The Balaban J connectivity index is 1.93. The van der Waals surface area contributed by atoms with Gasteiger partial charge < -0.3 is 14.9 Å². The summed E-state index contributed by atoms with van der Waals surface area (Å²) in [6, 6.07) is 5.75. The quantitative estimate of drug-likeness (QED) is 0.601. The zero-order valence-electron chi connectivity index (χ0n) is 16.7. The molecule has 0 saturated carbocycles. The number of amides is 1. The SMILES string of the molecule is CCC1C(C(C)(C)C)N(c2ccc(-c3ccnc(S)n3)cn2)CCN1C(=O)O. The second-order valence-corrected chi connectivity index (χ2v) is 8.50. The molecule has 3 rings (SSSR count). The molecule has 2 unspecified atom stereocenters. The molecule has 0 aliphatic carbocycles. The molecule has 1 fully saturated rings. The van der Waals surface area contributed by atoms with Crippen LogP contribution in [-0.4, -0.2) is 56.2 Å². The smallest absolute Gasteiger partial charge is 0.407 e. The average Bonchev–Trinajstić information content (AvgIpc) is 2.66. The van der Waals surface area contributed by atoms with Crippen molar-refractivity contribution in [2.45, 2.75) is 51.4 Å². The maximum Gasteiger partial charge on any atom is 0.407 e. The predicted octanol–water partition coefficient (Wildman–Crippen LogP) is 3.82. The zero-order chi connectivity index (χ0) is 20.5. The monoisotopic (exact) mass is 401 g/mol. The Bertz CT molecular complexity index is 837. The van der Waals surface area contributed by atoms with Crippen molar-refractivity contribution < 1.29 is 9.90 Å². The Morgan fingerprint density at radius 1 is 1.25 bits per heavy atom. The molecule has 1 N–H and O–H groups in total. The molecule has 0 bridgehead atoms. The van der Waals surface area contributed by atoms with E-state index in [1.165, 1.54) is 0 Å². The molecule has 0 radical (unpaired) electrons. The fourth-order valence-corrected chi connectivity index (χ4v) is 4.27. The van der Waals surface area contributed by atoms with E-state index in [0.717, 1.165) is 23.5 Å². The number of piperazine rings is 1. The maximum atomic E-state index is 11.7. The van der Waals surface area contributed by atoms with Gasteiger partial charge in [0.2, 0.25) is 0 Å². The predicted molar refractivity (Wildman–Crippen MR) is 112 cm³/mol. The lowest BCUT2D eigenvalue weighted by molar-refractivity contribution is 0.0746. The fourth-order valence-electron chi connectivity index (χ4n) is 4.10. The molecule has 1 aliphatic rings. The van der Waals surface area contributed by atoms with Crippen LogP contribution in [0, 0.1) is 5.41 Å². The summed E-state index contributed by atoms with van der Waals surface area (Å²) in [4.78, 5) is 28.6. The van der Waals surface area contributed by atoms with Crippen molar-refractivity contribution in [2.24, 2.45) is 5.41 Å². The second kappa shape index (κ2) is 7.95. The normalized spacial score (nSPS) is 20.3. The van der Waals surface area contributed by atoms with Gasteiger partial charge in [-0.3, -0.25) is 0 Å². The topological polar surface area (TPSA) is 82.5 Å². The minimum absolute atomic E-state index is 0.0313. The van der Waals surface area contributed by atoms with E-state index in [1.54, 1.807) is 17.3 Å². The Morgan fingerprint density at radius 2 is 2.00 bits per heavy atom. The molecule has 0 aromatic carbocycles. The molecule has 150 valence electrons. The van der Waals surface area contributed by atoms with Crippen LogP contribution in [0.3, 0.4) is 0 Å². The van der Waals surface area contributed by atoms with Crippen molar-refractivity contribution >= 4 is 24.5 Å². The number of hydrogen-bond donors (Lipinski definition) is 2. The lowest BCUT2D eigenvalue weighted by Crippen LogP contribution is -2.65. The summed E-state index contributed by atoms with van der Waals surface area (Å²) in [5, 5.41) is 10.1. The molecule has 3 heterocycles. The van der Waals surface area contributed by atoms with E-state index in [9.17, 15) is 9.90 Å². The van der Waals surface area contributed by atoms with Gasteiger partial charge in [-0.05, 0) is 30.0 Å². The van der Waals surface area contributed by atoms with E-state index < -0.39 is 6.09 Å². The van der Waals surface area contributed by atoms with Gasteiger partial charge in [-0.2, -0.15) is 0 Å². The first-order chi connectivity index (χ1) is 13.2. The lowest BCUT2D eigenvalue weighted by atomic mass is 9.78. The molecule has 1 saturated heterocycles. The highest BCUT2D eigenvalue weighted by Gasteiger charge is 2.44. The third kappa shape index (κ3) is 4.06. The minimum Gasteiger partial charge on any atom is -0.465 e. The molecule has 0 spiro atoms. The summed E-state index contributed by atoms with van der Waals surface area (Å²) in [6.45, 7) is 9.60. The number of aromatic nitrogens is 3. The highest BCUT2D eigenvalue weighted by molar-refractivity contribution is 7.80. The second-order valence-electron chi connectivity index (χ2n) is 8.10. The fraction of sp³-hybridized carbons (Fsp3) is 0.500. The van der Waals surface area contributed by atoms with Crippen LogP contribution in [0.25, 0.3) is 11.3 Å². The third-order valence-corrected chi connectivity index (χ3v) is 5.43. The van der Waals surface area contributed by atoms with Crippen LogP contribution in [0.1, 0.15) is 34.1 Å². The molecule has 2 atom stereocenters. The van der Waals surface area contributed by atoms with Gasteiger partial charge in [0.25, 0.3) is 0 Å². The highest BCUT2D eigenvalue weighted by atomic mass is 32.1. The van der Waals surface area contributed by atoms with Crippen LogP contribution in [-0.2, 0) is 0 Å². The summed E-state index contributed by atoms with van der Waals surface area (Å²) in [6.07, 6.45) is 3.38. The molecule has 8 heteroatoms. The summed E-state index contributed by atoms with van der Waals surface area (Å²) in [5.41, 5.74) is 1.56. The van der Waals surface area contributed by atoms with Gasteiger partial charge in [-0.1, -0.05) is 27.7 Å². The Hall–Kier alpha value is -2.35. The summed E-state index contributed by atoms with van der Waals surface area (Å²) >= 11 is 4.19. The van der Waals surface area contributed by atoms with E-state index in [4.69, 9.17) is 0 Å². The number of hydrogen-bond acceptors (Lipinski definition) is 6. The van der Waals surface area contributed by atoms with E-state index in [-0.39, 0.29) is 17.5 Å². The minimum atomic E-state index is -0.852. The Morgan fingerprint density at radius 3 is 2.54 bits per heavy atom. The van der Waals surface area contributed by atoms with Crippen LogP contribution < -0.4 is 4.90 Å². The van der Waals surface area contributed by atoms with E-state index in [2.05, 4.69) is 53.3 Å². The van der Waals surface area contributed by atoms with Crippen LogP contribution in [0.5, 0.6) is 0 Å². The van der Waals surface area contributed by atoms with Gasteiger partial charge in [0, 0.05) is 31.0 Å². The molecular weight excluding hydrogens is 374 g/mol. The summed E-state index contributed by atoms with van der Waals surface area (Å²) in [7, 11) is 0. The third-order valence-electron chi connectivity index (χ3n) is 5.21. The number of carbonyl (C=O) groups is 1. The Kier molecular flexibility index (Phi) is 5.79. The number of nitrogens with zero attached hydrogens (tertiary/aromatic N) is 5. The average molecular weight is 402 g/mol. The van der Waals surface area contributed by atoms with Crippen LogP contribution in [0.4, 0.5) is 10.6 Å². The molecule has 7 nitrogen and oxygen atoms in total. The van der Waals surface area contributed by atoms with Gasteiger partial charge in [0.05, 0.1) is 17.8 Å². The van der Waals surface area contributed by atoms with Crippen molar-refractivity contribution in [1.82, 2.24) is 19.9 Å². The molecule has 2 aromatic heterocycles. The van der Waals surface area contributed by atoms with Crippen molar-refractivity contribution in [3.8, 4) is 11.3 Å². The summed E-state index contributed by atoms with van der Waals surface area (Å²) < 4.78 is 0. The molecule has 1 aliphatic heterocycles. The largest absolute Gasteiger partial charge is 0.465 e. The van der Waals surface area contributed by atoms with Crippen LogP contribution >= 0.6 is 12.6 Å². The molecule has 28 heavy (non-hydrogen) atoms. The molecule has 2 aromatic rings. The van der Waals surface area contributed by atoms with E-state index in [0.29, 0.717) is 18.2 Å². The Labute approximate surface area is 171 Å². The zero-order valence-corrected chi connectivity index (χ0v) is 17.6. The first-order valence-electron chi connectivity index (χ1n) is 9.47. The first kappa shape index (κ1) is 20.4. The van der Waals surface area contributed by atoms with Crippen molar-refractivity contribution in [3.63, 3.8) is 0 Å². The maximum absolute atomic E-state index is 11.7. The summed E-state index contributed by atoms with van der Waals surface area (Å²) in [5.74, 6) is 0.854. The van der Waals surface area contributed by atoms with Gasteiger partial charge in [-0.25, -0.2) is 19.7 Å². The van der Waals surface area contributed by atoms with Crippen LogP contribution in [0.2, 0.25) is 0 Å². The van der Waals surface area contributed by atoms with Gasteiger partial charge in [0.1, 0.15) is 5.82 Å². The van der Waals surface area contributed by atoms with Crippen LogP contribution in [0.15, 0.2) is 35.7 Å². The first-order valence-corrected chi connectivity index (χ1v) is 9.91. The standard InChI is InChI=1S/C20H27N5O2S/c1-5-15-17(20(2,3)4)25(11-10-24(15)19(26)27)16-7-6-13(12-22-16)14-8-9-21-18(28)23-14/h6-9,12,15,17H,5,10-11H2,1-4H3,(H,26,27)(H,21,23,28). The number of anilines is 1. The number of pyridine rings is 1.